The molecule has 66 valence electrons. The fourth-order valence-corrected chi connectivity index (χ4v) is 1.16. The Bertz CT molecular complexity index is 128. The van der Waals surface area contributed by atoms with Gasteiger partial charge in [-0.3, -0.25) is 9.88 Å². The summed E-state index contributed by atoms with van der Waals surface area (Å²) >= 11 is 0. The molecule has 0 aromatic heterocycles. The van der Waals surface area contributed by atoms with Gasteiger partial charge in [-0.05, 0) is 27.4 Å². The molecule has 0 saturated heterocycles. The molecule has 0 aliphatic heterocycles. The van der Waals surface area contributed by atoms with E-state index in [0.717, 1.165) is 0 Å². The van der Waals surface area contributed by atoms with Crippen LogP contribution >= 0.6 is 8.73 Å². The number of hydrogen-bond donors (Lipinski definition) is 1. The third-order valence-corrected chi connectivity index (χ3v) is 1.79. The molecule has 0 amide bonds. The van der Waals surface area contributed by atoms with Gasteiger partial charge in [-0.15, -0.1) is 0 Å². The van der Waals surface area contributed by atoms with E-state index in [4.69, 9.17) is 4.74 Å². The van der Waals surface area contributed by atoms with Crippen LogP contribution in [0.3, 0.4) is 0 Å². The molecule has 0 aliphatic carbocycles. The van der Waals surface area contributed by atoms with Crippen LogP contribution in [0.5, 0.6) is 0 Å². The first-order chi connectivity index (χ1) is 5.07. The van der Waals surface area contributed by atoms with Crippen molar-refractivity contribution in [2.75, 3.05) is 6.66 Å². The van der Waals surface area contributed by atoms with Crippen molar-refractivity contribution >= 4 is 14.7 Å². The summed E-state index contributed by atoms with van der Waals surface area (Å²) in [7, 11) is 0.577. The van der Waals surface area contributed by atoms with Crippen LogP contribution in [0.2, 0.25) is 0 Å². The molecular weight excluding hydrogens is 161 g/mol. The Kier molecular flexibility index (Phi) is 5.43. The zero-order chi connectivity index (χ0) is 8.85. The van der Waals surface area contributed by atoms with Crippen LogP contribution in [-0.4, -0.2) is 24.8 Å². The molecule has 0 saturated carbocycles. The Morgan fingerprint density at radius 3 is 2.36 bits per heavy atom. The second-order valence-electron chi connectivity index (χ2n) is 2.60. The number of carbonyl (C=O) groups excluding carboxylic acids is 1. The molecule has 0 fully saturated rings. The normalized spacial score (nSPS) is 14.3. The summed E-state index contributed by atoms with van der Waals surface area (Å²) < 4.78 is 4.97. The van der Waals surface area contributed by atoms with Crippen LogP contribution in [0.15, 0.2) is 0 Å². The van der Waals surface area contributed by atoms with Crippen molar-refractivity contribution in [2.24, 2.45) is 0 Å². The molecule has 0 bridgehead atoms. The number of carbonyl (C=O) groups is 1. The first kappa shape index (κ1) is 10.9. The van der Waals surface area contributed by atoms with E-state index in [0.29, 0.717) is 8.73 Å². The highest BCUT2D eigenvalue weighted by Gasteiger charge is 2.13. The molecule has 0 aliphatic rings. The lowest BCUT2D eigenvalue weighted by molar-refractivity contribution is -0.148. The van der Waals surface area contributed by atoms with E-state index in [1.807, 2.05) is 20.5 Å². The Hall–Kier alpha value is -0.140. The second-order valence-corrected chi connectivity index (χ2v) is 3.39. The Morgan fingerprint density at radius 1 is 1.45 bits per heavy atom. The van der Waals surface area contributed by atoms with Gasteiger partial charge in [-0.25, -0.2) is 0 Å². The molecule has 0 aromatic carbocycles. The van der Waals surface area contributed by atoms with Crippen LogP contribution in [-0.2, 0) is 9.53 Å². The highest BCUT2D eigenvalue weighted by molar-refractivity contribution is 7.34. The summed E-state index contributed by atoms with van der Waals surface area (Å²) in [5, 5.41) is 3.00. The average Bonchev–Trinajstić information content (AvgIpc) is 1.86. The van der Waals surface area contributed by atoms with Crippen molar-refractivity contribution < 1.29 is 9.53 Å². The predicted molar refractivity (Wildman–Crippen MR) is 48.1 cm³/mol. The maximum Gasteiger partial charge on any atom is 0.323 e. The lowest BCUT2D eigenvalue weighted by Gasteiger charge is -2.13. The lowest BCUT2D eigenvalue weighted by atomic mass is 10.4. The van der Waals surface area contributed by atoms with Crippen molar-refractivity contribution in [3.8, 4) is 0 Å². The lowest BCUT2D eigenvalue weighted by Crippen LogP contribution is -2.31. The summed E-state index contributed by atoms with van der Waals surface area (Å²) in [5.74, 6) is -0.172. The minimum Gasteiger partial charge on any atom is -0.462 e. The standard InChI is InChI=1S/C7H16NO2P/c1-5(2)10-7(9)6(3)8-11-4/h5-6,8,11H,1-4H3/t6-/m1/s1. The third kappa shape index (κ3) is 5.16. The Morgan fingerprint density at radius 2 is 2.00 bits per heavy atom. The Balaban J connectivity index is 3.64. The summed E-state index contributed by atoms with van der Waals surface area (Å²) in [6.45, 7) is 7.48. The average molecular weight is 177 g/mol. The number of esters is 1. The van der Waals surface area contributed by atoms with Crippen molar-refractivity contribution in [3.05, 3.63) is 0 Å². The summed E-state index contributed by atoms with van der Waals surface area (Å²) in [4.78, 5) is 11.1. The Labute approximate surface area is 69.7 Å². The van der Waals surface area contributed by atoms with Crippen LogP contribution in [0.1, 0.15) is 20.8 Å². The first-order valence-corrected chi connectivity index (χ1v) is 5.20. The van der Waals surface area contributed by atoms with Crippen LogP contribution in [0.25, 0.3) is 0 Å². The van der Waals surface area contributed by atoms with E-state index in [-0.39, 0.29) is 18.1 Å². The number of ether oxygens (including phenoxy) is 1. The molecule has 1 N–H and O–H groups in total. The molecule has 1 unspecified atom stereocenters. The van der Waals surface area contributed by atoms with Gasteiger partial charge in [0.1, 0.15) is 6.04 Å². The van der Waals surface area contributed by atoms with E-state index in [1.54, 1.807) is 6.92 Å². The molecule has 0 spiro atoms. The van der Waals surface area contributed by atoms with Crippen LogP contribution in [0.4, 0.5) is 0 Å². The minimum absolute atomic E-state index is 0.0214. The van der Waals surface area contributed by atoms with E-state index in [9.17, 15) is 4.79 Å². The molecular formula is C7H16NO2P. The number of nitrogens with one attached hydrogen (secondary N) is 1. The van der Waals surface area contributed by atoms with Gasteiger partial charge in [-0.2, -0.15) is 0 Å². The minimum atomic E-state index is -0.180. The van der Waals surface area contributed by atoms with E-state index in [2.05, 4.69) is 5.09 Å². The predicted octanol–water partition coefficient (Wildman–Crippen LogP) is 1.14. The van der Waals surface area contributed by atoms with E-state index >= 15 is 0 Å². The molecule has 2 atom stereocenters. The van der Waals surface area contributed by atoms with Crippen molar-refractivity contribution in [1.82, 2.24) is 5.09 Å². The zero-order valence-corrected chi connectivity index (χ0v) is 8.47. The summed E-state index contributed by atoms with van der Waals surface area (Å²) in [5.41, 5.74) is 0. The van der Waals surface area contributed by atoms with E-state index in [1.165, 1.54) is 0 Å². The maximum atomic E-state index is 11.1. The molecule has 0 heterocycles. The largest absolute Gasteiger partial charge is 0.462 e. The van der Waals surface area contributed by atoms with Gasteiger partial charge in [0.15, 0.2) is 0 Å². The monoisotopic (exact) mass is 177 g/mol. The smallest absolute Gasteiger partial charge is 0.323 e. The maximum absolute atomic E-state index is 11.1. The van der Waals surface area contributed by atoms with Crippen LogP contribution < -0.4 is 5.09 Å². The van der Waals surface area contributed by atoms with Gasteiger partial charge in [0.25, 0.3) is 0 Å². The molecule has 3 nitrogen and oxygen atoms in total. The van der Waals surface area contributed by atoms with Gasteiger partial charge in [0.05, 0.1) is 6.10 Å². The number of hydrogen-bond acceptors (Lipinski definition) is 3. The molecule has 0 radical (unpaired) electrons. The van der Waals surface area contributed by atoms with Gasteiger partial charge < -0.3 is 4.74 Å². The molecule has 11 heavy (non-hydrogen) atoms. The van der Waals surface area contributed by atoms with Crippen molar-refractivity contribution in [2.45, 2.75) is 32.9 Å². The zero-order valence-electron chi connectivity index (χ0n) is 7.47. The van der Waals surface area contributed by atoms with Gasteiger partial charge in [0.2, 0.25) is 0 Å². The van der Waals surface area contributed by atoms with Crippen molar-refractivity contribution in [1.29, 1.82) is 0 Å². The highest BCUT2D eigenvalue weighted by atomic mass is 31.1. The second kappa shape index (κ2) is 5.50. The van der Waals surface area contributed by atoms with E-state index < -0.39 is 0 Å². The first-order valence-electron chi connectivity index (χ1n) is 3.70. The van der Waals surface area contributed by atoms with Crippen LogP contribution in [0, 0.1) is 0 Å². The summed E-state index contributed by atoms with van der Waals surface area (Å²) in [6.07, 6.45) is -0.0214. The highest BCUT2D eigenvalue weighted by Crippen LogP contribution is 2.00. The molecule has 4 heteroatoms. The topological polar surface area (TPSA) is 38.3 Å². The third-order valence-electron chi connectivity index (χ3n) is 1.07. The fraction of sp³-hybridized carbons (Fsp3) is 0.857. The van der Waals surface area contributed by atoms with Gasteiger partial charge >= 0.3 is 5.97 Å². The molecule has 0 aromatic rings. The SMILES string of the molecule is CPN[C@H](C)C(=O)OC(C)C. The van der Waals surface area contributed by atoms with Gasteiger partial charge in [0, 0.05) is 0 Å². The van der Waals surface area contributed by atoms with Gasteiger partial charge in [-0.1, -0.05) is 8.73 Å². The molecule has 0 rings (SSSR count). The summed E-state index contributed by atoms with van der Waals surface area (Å²) in [6, 6.07) is -0.180. The number of rotatable bonds is 4. The van der Waals surface area contributed by atoms with Crippen molar-refractivity contribution in [3.63, 3.8) is 0 Å². The quantitative estimate of drug-likeness (QED) is 0.517. The fourth-order valence-electron chi connectivity index (χ4n) is 0.610.